The number of aryl methyl sites for hydroxylation is 1. The van der Waals surface area contributed by atoms with Crippen LogP contribution in [0.1, 0.15) is 47.4 Å². The summed E-state index contributed by atoms with van der Waals surface area (Å²) in [7, 11) is 0. The summed E-state index contributed by atoms with van der Waals surface area (Å²) in [5.74, 6) is 1.10. The van der Waals surface area contributed by atoms with Crippen LogP contribution >= 0.6 is 0 Å². The van der Waals surface area contributed by atoms with Gasteiger partial charge in [-0.2, -0.15) is 5.10 Å². The van der Waals surface area contributed by atoms with Crippen LogP contribution in [0.3, 0.4) is 0 Å². The maximum atomic E-state index is 12.7. The minimum Gasteiger partial charge on any atom is -0.394 e. The normalized spacial score (nSPS) is 14.7. The van der Waals surface area contributed by atoms with Gasteiger partial charge in [0.15, 0.2) is 0 Å². The number of aliphatic hydroxyl groups excluding tert-OH is 1. The molecule has 0 radical (unpaired) electrons. The van der Waals surface area contributed by atoms with Crippen LogP contribution in [0.15, 0.2) is 42.9 Å². The van der Waals surface area contributed by atoms with Gasteiger partial charge >= 0.3 is 0 Å². The van der Waals surface area contributed by atoms with Crippen LogP contribution in [-0.2, 0) is 0 Å². The summed E-state index contributed by atoms with van der Waals surface area (Å²) in [6, 6.07) is 9.20. The zero-order valence-electron chi connectivity index (χ0n) is 16.0. The molecule has 1 fully saturated rings. The van der Waals surface area contributed by atoms with Crippen molar-refractivity contribution in [1.82, 2.24) is 25.1 Å². The standard InChI is InChI=1S/C21H23N5O2/c1-13-3-6-19(22-10-13)16-7-17(21(28)25-14(2)11-27)9-18(8-16)26-20(15-4-5-15)23-12-24-26/h3,6-10,12,14-15,27H,4-5,11H2,1-2H3,(H,25,28). The molecule has 7 heteroatoms. The molecule has 0 saturated heterocycles. The minimum absolute atomic E-state index is 0.118. The van der Waals surface area contributed by atoms with Crippen molar-refractivity contribution in [3.05, 3.63) is 59.8 Å². The van der Waals surface area contributed by atoms with E-state index in [2.05, 4.69) is 20.4 Å². The largest absolute Gasteiger partial charge is 0.394 e. The maximum absolute atomic E-state index is 12.7. The van der Waals surface area contributed by atoms with E-state index in [9.17, 15) is 9.90 Å². The number of hydrogen-bond donors (Lipinski definition) is 2. The van der Waals surface area contributed by atoms with Gasteiger partial charge in [0.25, 0.3) is 5.91 Å². The van der Waals surface area contributed by atoms with Crippen LogP contribution in [0, 0.1) is 6.92 Å². The van der Waals surface area contributed by atoms with Gasteiger partial charge < -0.3 is 10.4 Å². The molecule has 1 aromatic carbocycles. The molecule has 7 nitrogen and oxygen atoms in total. The Morgan fingerprint density at radius 2 is 2.11 bits per heavy atom. The van der Waals surface area contributed by atoms with Crippen molar-refractivity contribution < 1.29 is 9.90 Å². The van der Waals surface area contributed by atoms with E-state index in [-0.39, 0.29) is 18.6 Å². The first-order chi connectivity index (χ1) is 13.5. The average Bonchev–Trinajstić information content (AvgIpc) is 3.44. The van der Waals surface area contributed by atoms with Crippen molar-refractivity contribution in [2.24, 2.45) is 0 Å². The zero-order valence-corrected chi connectivity index (χ0v) is 16.0. The molecule has 1 aliphatic carbocycles. The lowest BCUT2D eigenvalue weighted by atomic mass is 10.0. The molecular formula is C21H23N5O2. The quantitative estimate of drug-likeness (QED) is 0.689. The second kappa shape index (κ2) is 7.52. The van der Waals surface area contributed by atoms with Crippen LogP contribution in [0.5, 0.6) is 0 Å². The van der Waals surface area contributed by atoms with E-state index in [1.165, 1.54) is 0 Å². The number of carbonyl (C=O) groups is 1. The predicted octanol–water partition coefficient (Wildman–Crippen LogP) is 2.63. The lowest BCUT2D eigenvalue weighted by molar-refractivity contribution is 0.0922. The van der Waals surface area contributed by atoms with Gasteiger partial charge in [-0.15, -0.1) is 0 Å². The van der Waals surface area contributed by atoms with Gasteiger partial charge in [0.05, 0.1) is 18.0 Å². The number of nitrogens with zero attached hydrogens (tertiary/aromatic N) is 4. The molecule has 0 aliphatic heterocycles. The van der Waals surface area contributed by atoms with Crippen molar-refractivity contribution in [2.75, 3.05) is 6.61 Å². The van der Waals surface area contributed by atoms with E-state index in [1.54, 1.807) is 25.5 Å². The third kappa shape index (κ3) is 3.80. The molecule has 1 unspecified atom stereocenters. The Morgan fingerprint density at radius 1 is 1.29 bits per heavy atom. The molecule has 1 saturated carbocycles. The summed E-state index contributed by atoms with van der Waals surface area (Å²) in [5, 5.41) is 16.4. The van der Waals surface area contributed by atoms with Crippen LogP contribution in [0.25, 0.3) is 16.9 Å². The van der Waals surface area contributed by atoms with Gasteiger partial charge in [-0.25, -0.2) is 9.67 Å². The number of rotatable bonds is 6. The number of aromatic nitrogens is 4. The summed E-state index contributed by atoms with van der Waals surface area (Å²) in [4.78, 5) is 21.6. The van der Waals surface area contributed by atoms with E-state index in [4.69, 9.17) is 0 Å². The third-order valence-electron chi connectivity index (χ3n) is 4.80. The third-order valence-corrected chi connectivity index (χ3v) is 4.80. The summed E-state index contributed by atoms with van der Waals surface area (Å²) >= 11 is 0. The Bertz CT molecular complexity index is 992. The number of nitrogens with one attached hydrogen (secondary N) is 1. The molecule has 0 spiro atoms. The van der Waals surface area contributed by atoms with Gasteiger partial charge in [-0.3, -0.25) is 9.78 Å². The lowest BCUT2D eigenvalue weighted by Gasteiger charge is -2.14. The van der Waals surface area contributed by atoms with Crippen LogP contribution in [-0.4, -0.2) is 43.4 Å². The Morgan fingerprint density at radius 3 is 2.79 bits per heavy atom. The summed E-state index contributed by atoms with van der Waals surface area (Å²) in [6.07, 6.45) is 5.58. The topological polar surface area (TPSA) is 92.9 Å². The molecule has 2 N–H and O–H groups in total. The Kier molecular flexibility index (Phi) is 4.92. The van der Waals surface area contributed by atoms with Gasteiger partial charge in [0.2, 0.25) is 0 Å². The number of hydrogen-bond acceptors (Lipinski definition) is 5. The number of carbonyl (C=O) groups excluding carboxylic acids is 1. The molecule has 2 heterocycles. The predicted molar refractivity (Wildman–Crippen MR) is 105 cm³/mol. The van der Waals surface area contributed by atoms with Crippen molar-refractivity contribution in [1.29, 1.82) is 0 Å². The zero-order chi connectivity index (χ0) is 19.7. The monoisotopic (exact) mass is 377 g/mol. The fraction of sp³-hybridized carbons (Fsp3) is 0.333. The molecule has 144 valence electrons. The second-order valence-corrected chi connectivity index (χ2v) is 7.35. The Labute approximate surface area is 163 Å². The van der Waals surface area contributed by atoms with Crippen molar-refractivity contribution in [3.63, 3.8) is 0 Å². The molecule has 2 aromatic heterocycles. The van der Waals surface area contributed by atoms with E-state index >= 15 is 0 Å². The molecule has 1 atom stereocenters. The van der Waals surface area contributed by atoms with Gasteiger partial charge in [0.1, 0.15) is 12.2 Å². The number of aliphatic hydroxyl groups is 1. The fourth-order valence-corrected chi connectivity index (χ4v) is 3.07. The van der Waals surface area contributed by atoms with Crippen LogP contribution in [0.2, 0.25) is 0 Å². The number of pyridine rings is 1. The molecule has 1 amide bonds. The number of benzene rings is 1. The molecule has 3 aromatic rings. The van der Waals surface area contributed by atoms with E-state index in [0.717, 1.165) is 41.2 Å². The SMILES string of the molecule is Cc1ccc(-c2cc(C(=O)NC(C)CO)cc(-n3ncnc3C3CC3)c2)nc1. The van der Waals surface area contributed by atoms with Gasteiger partial charge in [-0.1, -0.05) is 6.07 Å². The summed E-state index contributed by atoms with van der Waals surface area (Å²) < 4.78 is 1.81. The first kappa shape index (κ1) is 18.3. The Hall–Kier alpha value is -3.06. The minimum atomic E-state index is -0.328. The summed E-state index contributed by atoms with van der Waals surface area (Å²) in [5.41, 5.74) is 3.96. The van der Waals surface area contributed by atoms with Crippen molar-refractivity contribution >= 4 is 5.91 Å². The van der Waals surface area contributed by atoms with E-state index < -0.39 is 0 Å². The highest BCUT2D eigenvalue weighted by Gasteiger charge is 2.29. The number of amides is 1. The molecule has 0 bridgehead atoms. The second-order valence-electron chi connectivity index (χ2n) is 7.35. The highest BCUT2D eigenvalue weighted by Crippen LogP contribution is 2.39. The molecule has 1 aliphatic rings. The molecular weight excluding hydrogens is 354 g/mol. The van der Waals surface area contributed by atoms with Gasteiger partial charge in [-0.05, 0) is 56.5 Å². The lowest BCUT2D eigenvalue weighted by Crippen LogP contribution is -2.35. The van der Waals surface area contributed by atoms with Gasteiger partial charge in [0, 0.05) is 29.3 Å². The van der Waals surface area contributed by atoms with E-state index in [0.29, 0.717) is 11.5 Å². The van der Waals surface area contributed by atoms with Crippen LogP contribution < -0.4 is 5.32 Å². The van der Waals surface area contributed by atoms with Crippen molar-refractivity contribution in [3.8, 4) is 16.9 Å². The van der Waals surface area contributed by atoms with Crippen molar-refractivity contribution in [2.45, 2.75) is 38.6 Å². The summed E-state index contributed by atoms with van der Waals surface area (Å²) in [6.45, 7) is 3.62. The molecule has 4 rings (SSSR count). The first-order valence-corrected chi connectivity index (χ1v) is 9.45. The first-order valence-electron chi connectivity index (χ1n) is 9.45. The smallest absolute Gasteiger partial charge is 0.251 e. The van der Waals surface area contributed by atoms with E-state index in [1.807, 2.05) is 35.9 Å². The highest BCUT2D eigenvalue weighted by atomic mass is 16.3. The molecule has 28 heavy (non-hydrogen) atoms. The average molecular weight is 377 g/mol. The maximum Gasteiger partial charge on any atom is 0.251 e. The highest BCUT2D eigenvalue weighted by molar-refractivity contribution is 5.96. The fourth-order valence-electron chi connectivity index (χ4n) is 3.07. The van der Waals surface area contributed by atoms with Crippen LogP contribution in [0.4, 0.5) is 0 Å². The Balaban J connectivity index is 1.79.